The number of hydrogen-bond acceptors (Lipinski definition) is 5. The maximum absolute atomic E-state index is 12.9. The first-order valence-corrected chi connectivity index (χ1v) is 8.25. The number of ether oxygens (including phenoxy) is 1. The molecule has 1 aromatic rings. The lowest BCUT2D eigenvalue weighted by Gasteiger charge is -2.23. The van der Waals surface area contributed by atoms with Crippen molar-refractivity contribution in [1.82, 2.24) is 9.29 Å². The molecule has 0 unspecified atom stereocenters. The Hall–Kier alpha value is -1.49. The molecule has 0 bridgehead atoms. The molecule has 0 aromatic carbocycles. The van der Waals surface area contributed by atoms with Gasteiger partial charge in [-0.2, -0.15) is 9.57 Å². The van der Waals surface area contributed by atoms with Crippen molar-refractivity contribution in [2.75, 3.05) is 19.8 Å². The van der Waals surface area contributed by atoms with Gasteiger partial charge >= 0.3 is 0 Å². The van der Waals surface area contributed by atoms with Gasteiger partial charge in [-0.3, -0.25) is 4.98 Å². The number of nitriles is 1. The molecule has 1 aromatic heterocycles. The van der Waals surface area contributed by atoms with Crippen LogP contribution in [-0.4, -0.2) is 43.5 Å². The van der Waals surface area contributed by atoms with Gasteiger partial charge in [0.25, 0.3) is 0 Å². The lowest BCUT2D eigenvalue weighted by atomic mass is 9.80. The summed E-state index contributed by atoms with van der Waals surface area (Å²) in [4.78, 5) is 3.93. The number of rotatable bonds is 2. The number of aromatic nitrogens is 1. The van der Waals surface area contributed by atoms with Crippen LogP contribution in [0.1, 0.15) is 19.4 Å². The summed E-state index contributed by atoms with van der Waals surface area (Å²) < 4.78 is 32.7. The van der Waals surface area contributed by atoms with Crippen molar-refractivity contribution in [3.05, 3.63) is 24.0 Å². The highest BCUT2D eigenvalue weighted by molar-refractivity contribution is 7.89. The second kappa shape index (κ2) is 4.77. The molecule has 0 N–H and O–H groups in total. The molecular weight excluding hydrogens is 290 g/mol. The minimum Gasteiger partial charge on any atom is -0.379 e. The van der Waals surface area contributed by atoms with Gasteiger partial charge in [0.05, 0.1) is 24.8 Å². The molecule has 2 atom stereocenters. The summed E-state index contributed by atoms with van der Waals surface area (Å²) in [7, 11) is -3.66. The molecule has 0 radical (unpaired) electrons. The first kappa shape index (κ1) is 14.4. The number of pyridine rings is 1. The minimum atomic E-state index is -3.66. The fourth-order valence-electron chi connectivity index (χ4n) is 3.23. The van der Waals surface area contributed by atoms with Crippen molar-refractivity contribution in [2.24, 2.45) is 11.3 Å². The molecule has 112 valence electrons. The van der Waals surface area contributed by atoms with Crippen LogP contribution in [0.2, 0.25) is 0 Å². The van der Waals surface area contributed by atoms with Crippen LogP contribution in [-0.2, 0) is 14.8 Å². The van der Waals surface area contributed by atoms with Crippen LogP contribution in [0, 0.1) is 22.7 Å². The van der Waals surface area contributed by atoms with Gasteiger partial charge in [-0.1, -0.05) is 13.8 Å². The maximum atomic E-state index is 12.9. The topological polar surface area (TPSA) is 83.3 Å². The first-order valence-electron chi connectivity index (χ1n) is 6.81. The third kappa shape index (κ3) is 2.24. The van der Waals surface area contributed by atoms with Gasteiger partial charge < -0.3 is 4.74 Å². The summed E-state index contributed by atoms with van der Waals surface area (Å²) in [5, 5.41) is 8.91. The summed E-state index contributed by atoms with van der Waals surface area (Å²) in [5.74, 6) is 0.208. The molecule has 0 aliphatic carbocycles. The average molecular weight is 307 g/mol. The van der Waals surface area contributed by atoms with Crippen LogP contribution < -0.4 is 0 Å². The van der Waals surface area contributed by atoms with Crippen LogP contribution in [0.25, 0.3) is 0 Å². The lowest BCUT2D eigenvalue weighted by molar-refractivity contribution is 0.137. The predicted octanol–water partition coefficient (Wildman–Crippen LogP) is 0.999. The Balaban J connectivity index is 2.01. The van der Waals surface area contributed by atoms with E-state index in [0.717, 1.165) is 0 Å². The lowest BCUT2D eigenvalue weighted by Crippen LogP contribution is -2.38. The highest BCUT2D eigenvalue weighted by Gasteiger charge is 2.54. The Kier molecular flexibility index (Phi) is 3.28. The van der Waals surface area contributed by atoms with E-state index in [9.17, 15) is 8.42 Å². The second-order valence-corrected chi connectivity index (χ2v) is 8.16. The van der Waals surface area contributed by atoms with E-state index in [2.05, 4.69) is 18.8 Å². The van der Waals surface area contributed by atoms with Gasteiger partial charge in [-0.15, -0.1) is 0 Å². The molecule has 21 heavy (non-hydrogen) atoms. The molecular formula is C14H17N3O3S. The van der Waals surface area contributed by atoms with Gasteiger partial charge in [0.1, 0.15) is 11.0 Å². The van der Waals surface area contributed by atoms with Gasteiger partial charge in [-0.25, -0.2) is 8.42 Å². The Morgan fingerprint density at radius 2 is 2.19 bits per heavy atom. The van der Waals surface area contributed by atoms with Crippen molar-refractivity contribution in [2.45, 2.75) is 24.8 Å². The number of fused-ring (bicyclic) bond motifs is 1. The largest absolute Gasteiger partial charge is 0.379 e. The van der Waals surface area contributed by atoms with Crippen molar-refractivity contribution in [3.63, 3.8) is 0 Å². The molecule has 2 aliphatic heterocycles. The van der Waals surface area contributed by atoms with Crippen LogP contribution in [0.3, 0.4) is 0 Å². The zero-order valence-electron chi connectivity index (χ0n) is 12.0. The third-order valence-corrected chi connectivity index (χ3v) is 6.27. The molecule has 3 heterocycles. The van der Waals surface area contributed by atoms with Crippen molar-refractivity contribution < 1.29 is 13.2 Å². The zero-order valence-corrected chi connectivity index (χ0v) is 12.8. The molecule has 0 spiro atoms. The van der Waals surface area contributed by atoms with E-state index in [4.69, 9.17) is 10.00 Å². The SMILES string of the molecule is CC1(C)CN(S(=O)(=O)c2cncc(C#N)c2)[C@H]2COC[C@H]21. The second-order valence-electron chi connectivity index (χ2n) is 6.27. The number of nitrogens with zero attached hydrogens (tertiary/aromatic N) is 3. The molecule has 7 heteroatoms. The molecule has 0 saturated carbocycles. The van der Waals surface area contributed by atoms with Crippen molar-refractivity contribution in [1.29, 1.82) is 5.26 Å². The van der Waals surface area contributed by atoms with Gasteiger partial charge in [0, 0.05) is 24.9 Å². The summed E-state index contributed by atoms with van der Waals surface area (Å²) in [6, 6.07) is 3.17. The van der Waals surface area contributed by atoms with E-state index in [1.54, 1.807) is 0 Å². The average Bonchev–Trinajstić information content (AvgIpc) is 3.02. The van der Waals surface area contributed by atoms with Crippen LogP contribution >= 0.6 is 0 Å². The highest BCUT2D eigenvalue weighted by atomic mass is 32.2. The zero-order chi connectivity index (χ0) is 15.3. The fraction of sp³-hybridized carbons (Fsp3) is 0.571. The maximum Gasteiger partial charge on any atom is 0.245 e. The predicted molar refractivity (Wildman–Crippen MR) is 74.7 cm³/mol. The standard InChI is InChI=1S/C14H17N3O3S/c1-14(2)9-17(13-8-20-7-12(13)14)21(18,19)11-3-10(4-15)5-16-6-11/h3,5-6,12-13H,7-9H2,1-2H3/t12-,13+/m1/s1. The smallest absolute Gasteiger partial charge is 0.245 e. The minimum absolute atomic E-state index is 0.0740. The fourth-order valence-corrected chi connectivity index (χ4v) is 5.04. The van der Waals surface area contributed by atoms with E-state index < -0.39 is 10.0 Å². The Labute approximate surface area is 124 Å². The van der Waals surface area contributed by atoms with E-state index in [1.165, 1.54) is 22.8 Å². The van der Waals surface area contributed by atoms with E-state index in [-0.39, 0.29) is 27.8 Å². The summed E-state index contributed by atoms with van der Waals surface area (Å²) in [6.45, 7) is 5.63. The summed E-state index contributed by atoms with van der Waals surface area (Å²) in [5.41, 5.74) is 0.128. The molecule has 3 rings (SSSR count). The Morgan fingerprint density at radius 3 is 2.90 bits per heavy atom. The number of hydrogen-bond donors (Lipinski definition) is 0. The van der Waals surface area contributed by atoms with Crippen LogP contribution in [0.15, 0.2) is 23.4 Å². The van der Waals surface area contributed by atoms with Crippen LogP contribution in [0.4, 0.5) is 0 Å². The van der Waals surface area contributed by atoms with Crippen LogP contribution in [0.5, 0.6) is 0 Å². The normalized spacial score (nSPS) is 28.2. The molecule has 2 fully saturated rings. The third-order valence-electron chi connectivity index (χ3n) is 4.44. The monoisotopic (exact) mass is 307 g/mol. The van der Waals surface area contributed by atoms with E-state index in [0.29, 0.717) is 19.8 Å². The Bertz CT molecular complexity index is 708. The quantitative estimate of drug-likeness (QED) is 0.814. The number of sulfonamides is 1. The summed E-state index contributed by atoms with van der Waals surface area (Å²) >= 11 is 0. The highest BCUT2D eigenvalue weighted by Crippen LogP contribution is 2.45. The molecule has 6 nitrogen and oxygen atoms in total. The van der Waals surface area contributed by atoms with Gasteiger partial charge in [-0.05, 0) is 11.5 Å². The van der Waals surface area contributed by atoms with E-state index >= 15 is 0 Å². The Morgan fingerprint density at radius 1 is 1.43 bits per heavy atom. The summed E-state index contributed by atoms with van der Waals surface area (Å²) in [6.07, 6.45) is 2.65. The van der Waals surface area contributed by atoms with Gasteiger partial charge in [0.15, 0.2) is 0 Å². The van der Waals surface area contributed by atoms with Crippen molar-refractivity contribution >= 4 is 10.0 Å². The van der Waals surface area contributed by atoms with Crippen molar-refractivity contribution in [3.8, 4) is 6.07 Å². The molecule has 2 saturated heterocycles. The van der Waals surface area contributed by atoms with E-state index in [1.807, 2.05) is 6.07 Å². The van der Waals surface area contributed by atoms with Gasteiger partial charge in [0.2, 0.25) is 10.0 Å². The molecule has 2 aliphatic rings. The first-order chi connectivity index (χ1) is 9.86. The molecule has 0 amide bonds.